The maximum atomic E-state index is 11.7. The second-order valence-corrected chi connectivity index (χ2v) is 4.43. The first kappa shape index (κ1) is 14.0. The first-order valence-corrected chi connectivity index (χ1v) is 6.24. The van der Waals surface area contributed by atoms with E-state index in [0.29, 0.717) is 24.4 Å². The Bertz CT molecular complexity index is 351. The summed E-state index contributed by atoms with van der Waals surface area (Å²) >= 11 is 5.67. The molecule has 0 saturated heterocycles. The van der Waals surface area contributed by atoms with Gasteiger partial charge in [0.15, 0.2) is 0 Å². The Kier molecular flexibility index (Phi) is 6.01. The van der Waals surface area contributed by atoms with E-state index < -0.39 is 0 Å². The average molecular weight is 256 g/mol. The lowest BCUT2D eigenvalue weighted by molar-refractivity contribution is 0.0945. The number of nitrogens with one attached hydrogen (secondary N) is 1. The zero-order valence-electron chi connectivity index (χ0n) is 9.95. The van der Waals surface area contributed by atoms with Crippen molar-refractivity contribution in [1.82, 2.24) is 5.32 Å². The van der Waals surface area contributed by atoms with Gasteiger partial charge in [0, 0.05) is 24.6 Å². The Morgan fingerprint density at radius 1 is 1.41 bits per heavy atom. The van der Waals surface area contributed by atoms with Gasteiger partial charge in [-0.2, -0.15) is 0 Å². The van der Waals surface area contributed by atoms with Crippen molar-refractivity contribution in [3.05, 3.63) is 35.4 Å². The second kappa shape index (κ2) is 7.30. The van der Waals surface area contributed by atoms with E-state index in [1.807, 2.05) is 19.1 Å². The molecule has 0 aliphatic rings. The van der Waals surface area contributed by atoms with Gasteiger partial charge in [-0.25, -0.2) is 0 Å². The van der Waals surface area contributed by atoms with E-state index in [0.717, 1.165) is 5.56 Å². The molecule has 0 fully saturated rings. The van der Waals surface area contributed by atoms with Gasteiger partial charge >= 0.3 is 0 Å². The smallest absolute Gasteiger partial charge is 0.251 e. The molecule has 0 bridgehead atoms. The summed E-state index contributed by atoms with van der Waals surface area (Å²) in [5.74, 6) is 0.650. The molecule has 0 aromatic heterocycles. The molecule has 1 atom stereocenters. The predicted molar refractivity (Wildman–Crippen MR) is 69.2 cm³/mol. The Balaban J connectivity index is 2.46. The molecule has 1 aromatic rings. The normalized spacial score (nSPS) is 12.2. The molecule has 1 rings (SSSR count). The number of aliphatic hydroxyl groups is 1. The Hall–Kier alpha value is -1.06. The van der Waals surface area contributed by atoms with Crippen molar-refractivity contribution in [2.45, 2.75) is 19.2 Å². The van der Waals surface area contributed by atoms with Gasteiger partial charge in [-0.1, -0.05) is 19.1 Å². The molecule has 4 heteroatoms. The van der Waals surface area contributed by atoms with E-state index >= 15 is 0 Å². The van der Waals surface area contributed by atoms with Gasteiger partial charge in [0.1, 0.15) is 0 Å². The minimum Gasteiger partial charge on any atom is -0.396 e. The molecule has 1 amide bonds. The number of rotatable bonds is 6. The van der Waals surface area contributed by atoms with E-state index in [9.17, 15) is 4.79 Å². The average Bonchev–Trinajstić information content (AvgIpc) is 2.36. The molecule has 0 spiro atoms. The Labute approximate surface area is 107 Å². The van der Waals surface area contributed by atoms with Crippen LogP contribution in [0.4, 0.5) is 0 Å². The summed E-state index contributed by atoms with van der Waals surface area (Å²) in [5, 5.41) is 11.6. The summed E-state index contributed by atoms with van der Waals surface area (Å²) in [6.45, 7) is 2.73. The summed E-state index contributed by atoms with van der Waals surface area (Å²) in [4.78, 5) is 11.7. The number of aliphatic hydroxyl groups excluding tert-OH is 1. The van der Waals surface area contributed by atoms with Crippen molar-refractivity contribution in [2.24, 2.45) is 5.92 Å². The Morgan fingerprint density at radius 2 is 2.06 bits per heavy atom. The zero-order chi connectivity index (χ0) is 12.7. The number of amides is 1. The molecule has 17 heavy (non-hydrogen) atoms. The van der Waals surface area contributed by atoms with Crippen LogP contribution in [0.1, 0.15) is 29.3 Å². The van der Waals surface area contributed by atoms with E-state index in [4.69, 9.17) is 16.7 Å². The molecule has 0 radical (unpaired) electrons. The number of halogens is 1. The Morgan fingerprint density at radius 3 is 2.59 bits per heavy atom. The highest BCUT2D eigenvalue weighted by Gasteiger charge is 2.07. The van der Waals surface area contributed by atoms with Gasteiger partial charge in [-0.15, -0.1) is 11.6 Å². The molecule has 0 saturated carbocycles. The summed E-state index contributed by atoms with van der Waals surface area (Å²) in [6.07, 6.45) is 0.700. The lowest BCUT2D eigenvalue weighted by Crippen LogP contribution is -2.28. The number of hydrogen-bond acceptors (Lipinski definition) is 2. The standard InChI is InChI=1S/C13H18ClNO2/c1-10(6-7-16)9-15-13(17)12-4-2-11(8-14)3-5-12/h2-5,10,16H,6-9H2,1H3,(H,15,17). The van der Waals surface area contributed by atoms with Crippen LogP contribution in [0.5, 0.6) is 0 Å². The van der Waals surface area contributed by atoms with Gasteiger partial charge in [0.2, 0.25) is 0 Å². The van der Waals surface area contributed by atoms with E-state index in [1.54, 1.807) is 12.1 Å². The van der Waals surface area contributed by atoms with Crippen LogP contribution in [0.15, 0.2) is 24.3 Å². The van der Waals surface area contributed by atoms with Crippen molar-refractivity contribution in [3.63, 3.8) is 0 Å². The third kappa shape index (κ3) is 4.75. The molecule has 0 aliphatic carbocycles. The van der Waals surface area contributed by atoms with Crippen molar-refractivity contribution in [3.8, 4) is 0 Å². The van der Waals surface area contributed by atoms with E-state index in [1.165, 1.54) is 0 Å². The maximum absolute atomic E-state index is 11.7. The molecular formula is C13H18ClNO2. The highest BCUT2D eigenvalue weighted by molar-refractivity contribution is 6.17. The molecule has 1 unspecified atom stereocenters. The molecule has 1 aromatic carbocycles. The van der Waals surface area contributed by atoms with Gasteiger partial charge < -0.3 is 10.4 Å². The van der Waals surface area contributed by atoms with Crippen molar-refractivity contribution in [2.75, 3.05) is 13.2 Å². The number of alkyl halides is 1. The minimum absolute atomic E-state index is 0.0871. The summed E-state index contributed by atoms with van der Waals surface area (Å²) in [5.41, 5.74) is 1.63. The molecule has 0 heterocycles. The van der Waals surface area contributed by atoms with E-state index in [-0.39, 0.29) is 18.4 Å². The van der Waals surface area contributed by atoms with Gasteiger partial charge in [-0.05, 0) is 30.0 Å². The van der Waals surface area contributed by atoms with Crippen molar-refractivity contribution >= 4 is 17.5 Å². The lowest BCUT2D eigenvalue weighted by atomic mass is 10.1. The van der Waals surface area contributed by atoms with Gasteiger partial charge in [0.05, 0.1) is 0 Å². The fraction of sp³-hybridized carbons (Fsp3) is 0.462. The number of benzene rings is 1. The number of carbonyl (C=O) groups excluding carboxylic acids is 1. The second-order valence-electron chi connectivity index (χ2n) is 4.16. The van der Waals surface area contributed by atoms with Crippen LogP contribution in [0.25, 0.3) is 0 Å². The highest BCUT2D eigenvalue weighted by atomic mass is 35.5. The number of carbonyl (C=O) groups is 1. The highest BCUT2D eigenvalue weighted by Crippen LogP contribution is 2.07. The summed E-state index contributed by atoms with van der Waals surface area (Å²) < 4.78 is 0. The van der Waals surface area contributed by atoms with Crippen LogP contribution in [0.2, 0.25) is 0 Å². The number of hydrogen-bond donors (Lipinski definition) is 2. The van der Waals surface area contributed by atoms with Crippen LogP contribution < -0.4 is 5.32 Å². The van der Waals surface area contributed by atoms with Crippen molar-refractivity contribution in [1.29, 1.82) is 0 Å². The van der Waals surface area contributed by atoms with Crippen LogP contribution >= 0.6 is 11.6 Å². The fourth-order valence-electron chi connectivity index (χ4n) is 1.44. The third-order valence-corrected chi connectivity index (χ3v) is 2.91. The third-order valence-electron chi connectivity index (χ3n) is 2.60. The summed E-state index contributed by atoms with van der Waals surface area (Å²) in [6, 6.07) is 7.23. The quantitative estimate of drug-likeness (QED) is 0.766. The largest absolute Gasteiger partial charge is 0.396 e. The minimum atomic E-state index is -0.0871. The topological polar surface area (TPSA) is 49.3 Å². The predicted octanol–water partition coefficient (Wildman–Crippen LogP) is 2.17. The summed E-state index contributed by atoms with van der Waals surface area (Å²) in [7, 11) is 0. The van der Waals surface area contributed by atoms with Crippen LogP contribution in [0.3, 0.4) is 0 Å². The SMILES string of the molecule is CC(CCO)CNC(=O)c1ccc(CCl)cc1. The molecule has 2 N–H and O–H groups in total. The van der Waals surface area contributed by atoms with Crippen LogP contribution in [0, 0.1) is 5.92 Å². The fourth-order valence-corrected chi connectivity index (χ4v) is 1.61. The maximum Gasteiger partial charge on any atom is 0.251 e. The van der Waals surface area contributed by atoms with Crippen LogP contribution in [-0.2, 0) is 5.88 Å². The molecule has 3 nitrogen and oxygen atoms in total. The zero-order valence-corrected chi connectivity index (χ0v) is 10.7. The van der Waals surface area contributed by atoms with Crippen molar-refractivity contribution < 1.29 is 9.90 Å². The lowest BCUT2D eigenvalue weighted by Gasteiger charge is -2.11. The van der Waals surface area contributed by atoms with Gasteiger partial charge in [-0.3, -0.25) is 4.79 Å². The van der Waals surface area contributed by atoms with Gasteiger partial charge in [0.25, 0.3) is 5.91 Å². The van der Waals surface area contributed by atoms with E-state index in [2.05, 4.69) is 5.32 Å². The first-order chi connectivity index (χ1) is 8.17. The molecule has 0 aliphatic heterocycles. The molecule has 94 valence electrons. The first-order valence-electron chi connectivity index (χ1n) is 5.71. The molecular weight excluding hydrogens is 238 g/mol. The monoisotopic (exact) mass is 255 g/mol. The van der Waals surface area contributed by atoms with Crippen LogP contribution in [-0.4, -0.2) is 24.2 Å².